The van der Waals surface area contributed by atoms with Crippen LogP contribution in [0.25, 0.3) is 0 Å². The van der Waals surface area contributed by atoms with Gasteiger partial charge >= 0.3 is 0 Å². The number of carbonyl (C=O) groups excluding carboxylic acids is 1. The summed E-state index contributed by atoms with van der Waals surface area (Å²) in [4.78, 5) is 16.2. The normalized spacial score (nSPS) is 26.5. The molecule has 1 atom stereocenters. The molecule has 0 bridgehead atoms. The van der Waals surface area contributed by atoms with Gasteiger partial charge in [-0.15, -0.1) is 0 Å². The van der Waals surface area contributed by atoms with Crippen LogP contribution in [0.5, 0.6) is 0 Å². The zero-order valence-electron chi connectivity index (χ0n) is 12.9. The Balaban J connectivity index is 1.64. The molecule has 0 saturated carbocycles. The molecule has 2 heterocycles. The number of hydrogen-bond donors (Lipinski definition) is 1. The summed E-state index contributed by atoms with van der Waals surface area (Å²) in [5.74, 6) is -0.599. The summed E-state index contributed by atoms with van der Waals surface area (Å²) in [5, 5.41) is 0.449. The Morgan fingerprint density at radius 3 is 2.65 bits per heavy atom. The van der Waals surface area contributed by atoms with Gasteiger partial charge < -0.3 is 10.5 Å². The van der Waals surface area contributed by atoms with Gasteiger partial charge in [0.15, 0.2) is 0 Å². The summed E-state index contributed by atoms with van der Waals surface area (Å²) in [6.07, 6.45) is 0.640. The minimum Gasteiger partial charge on any atom is -0.379 e. The number of amides is 1. The third-order valence-corrected chi connectivity index (χ3v) is 5.23. The largest absolute Gasteiger partial charge is 0.379 e. The number of ether oxygens (including phenoxy) is 1. The minimum atomic E-state index is -0.679. The highest BCUT2D eigenvalue weighted by atomic mass is 35.5. The van der Waals surface area contributed by atoms with Gasteiger partial charge in [0.25, 0.3) is 0 Å². The molecule has 0 aromatic heterocycles. The molecular formula is C16H21ClFN3O2. The minimum absolute atomic E-state index is 0.280. The summed E-state index contributed by atoms with van der Waals surface area (Å²) in [7, 11) is 0. The van der Waals surface area contributed by atoms with E-state index >= 15 is 0 Å². The second-order valence-electron chi connectivity index (χ2n) is 6.16. The molecule has 2 fully saturated rings. The molecule has 0 radical (unpaired) electrons. The molecule has 0 aliphatic carbocycles. The van der Waals surface area contributed by atoms with E-state index in [4.69, 9.17) is 22.1 Å². The van der Waals surface area contributed by atoms with Gasteiger partial charge in [0.2, 0.25) is 5.91 Å². The van der Waals surface area contributed by atoms with E-state index < -0.39 is 5.54 Å². The van der Waals surface area contributed by atoms with Crippen molar-refractivity contribution >= 4 is 17.5 Å². The summed E-state index contributed by atoms with van der Waals surface area (Å²) < 4.78 is 19.3. The third-order valence-electron chi connectivity index (χ3n) is 4.88. The van der Waals surface area contributed by atoms with E-state index in [-0.39, 0.29) is 11.7 Å². The maximum atomic E-state index is 13.9. The fraction of sp³-hybridized carbons (Fsp3) is 0.562. The first kappa shape index (κ1) is 16.6. The van der Waals surface area contributed by atoms with Crippen LogP contribution in [0.3, 0.4) is 0 Å². The summed E-state index contributed by atoms with van der Waals surface area (Å²) in [6, 6.07) is 4.74. The highest BCUT2D eigenvalue weighted by molar-refractivity contribution is 6.31. The predicted molar refractivity (Wildman–Crippen MR) is 85.6 cm³/mol. The molecule has 2 aliphatic rings. The quantitative estimate of drug-likeness (QED) is 0.895. The van der Waals surface area contributed by atoms with Crippen LogP contribution in [0.1, 0.15) is 12.0 Å². The van der Waals surface area contributed by atoms with Crippen molar-refractivity contribution in [2.45, 2.75) is 18.5 Å². The molecule has 23 heavy (non-hydrogen) atoms. The lowest BCUT2D eigenvalue weighted by atomic mass is 9.94. The van der Waals surface area contributed by atoms with E-state index in [2.05, 4.69) is 9.80 Å². The molecule has 126 valence electrons. The van der Waals surface area contributed by atoms with Gasteiger partial charge in [0.1, 0.15) is 11.4 Å². The Kier molecular flexibility index (Phi) is 4.87. The van der Waals surface area contributed by atoms with Crippen molar-refractivity contribution in [2.75, 3.05) is 39.4 Å². The van der Waals surface area contributed by atoms with E-state index in [9.17, 15) is 9.18 Å². The molecule has 1 unspecified atom stereocenters. The Hall–Kier alpha value is -1.21. The number of piperazine rings is 1. The fourth-order valence-corrected chi connectivity index (χ4v) is 3.62. The number of rotatable bonds is 4. The lowest BCUT2D eigenvalue weighted by molar-refractivity contribution is -0.132. The van der Waals surface area contributed by atoms with Gasteiger partial charge in [0, 0.05) is 56.3 Å². The van der Waals surface area contributed by atoms with Crippen LogP contribution in [0.4, 0.5) is 4.39 Å². The number of hydrogen-bond acceptors (Lipinski definition) is 4. The molecule has 2 N–H and O–H groups in total. The average molecular weight is 342 g/mol. The van der Waals surface area contributed by atoms with Crippen molar-refractivity contribution in [1.82, 2.24) is 9.80 Å². The number of carbonyl (C=O) groups is 1. The van der Waals surface area contributed by atoms with E-state index in [0.29, 0.717) is 49.9 Å². The number of nitrogens with zero attached hydrogens (tertiary/aromatic N) is 2. The van der Waals surface area contributed by atoms with Crippen LogP contribution in [0.15, 0.2) is 18.2 Å². The Morgan fingerprint density at radius 2 is 2.09 bits per heavy atom. The number of halogens is 2. The zero-order chi connectivity index (χ0) is 16.4. The first-order chi connectivity index (χ1) is 11.0. The van der Waals surface area contributed by atoms with E-state index in [0.717, 1.165) is 13.1 Å². The lowest BCUT2D eigenvalue weighted by Crippen LogP contribution is -2.63. The predicted octanol–water partition coefficient (Wildman–Crippen LogP) is 1.24. The second kappa shape index (κ2) is 6.73. The Bertz CT molecular complexity index is 564. The first-order valence-electron chi connectivity index (χ1n) is 7.81. The lowest BCUT2D eigenvalue weighted by Gasteiger charge is -2.43. The van der Waals surface area contributed by atoms with Crippen LogP contribution in [0.2, 0.25) is 5.02 Å². The number of primary amides is 1. The monoisotopic (exact) mass is 341 g/mol. The van der Waals surface area contributed by atoms with Crippen molar-refractivity contribution in [3.8, 4) is 0 Å². The van der Waals surface area contributed by atoms with Crippen molar-refractivity contribution in [3.63, 3.8) is 0 Å². The third kappa shape index (κ3) is 3.21. The van der Waals surface area contributed by atoms with Crippen molar-refractivity contribution in [1.29, 1.82) is 0 Å². The van der Waals surface area contributed by atoms with Crippen LogP contribution in [0, 0.1) is 5.82 Å². The molecule has 2 aliphatic heterocycles. The number of benzene rings is 1. The van der Waals surface area contributed by atoms with Gasteiger partial charge in [-0.1, -0.05) is 17.7 Å². The molecule has 0 spiro atoms. The molecular weight excluding hydrogens is 321 g/mol. The van der Waals surface area contributed by atoms with Crippen LogP contribution in [-0.2, 0) is 16.1 Å². The van der Waals surface area contributed by atoms with Gasteiger partial charge in [-0.2, -0.15) is 0 Å². The Morgan fingerprint density at radius 1 is 1.35 bits per heavy atom. The van der Waals surface area contributed by atoms with E-state index in [1.165, 1.54) is 6.07 Å². The van der Waals surface area contributed by atoms with Crippen molar-refractivity contribution in [2.24, 2.45) is 5.73 Å². The summed E-state index contributed by atoms with van der Waals surface area (Å²) >= 11 is 6.09. The second-order valence-corrected chi connectivity index (χ2v) is 6.57. The maximum absolute atomic E-state index is 13.9. The van der Waals surface area contributed by atoms with Crippen LogP contribution >= 0.6 is 11.6 Å². The molecule has 5 nitrogen and oxygen atoms in total. The fourth-order valence-electron chi connectivity index (χ4n) is 3.39. The highest BCUT2D eigenvalue weighted by Crippen LogP contribution is 2.28. The van der Waals surface area contributed by atoms with E-state index in [1.54, 1.807) is 12.1 Å². The molecule has 2 saturated heterocycles. The summed E-state index contributed by atoms with van der Waals surface area (Å²) in [6.45, 7) is 4.28. The SMILES string of the molecule is NC(=O)C1(N2CCN(Cc3c(F)cccc3Cl)CC2)CCOC1. The summed E-state index contributed by atoms with van der Waals surface area (Å²) in [5.41, 5.74) is 5.47. The van der Waals surface area contributed by atoms with Gasteiger partial charge in [-0.3, -0.25) is 14.6 Å². The Labute approximate surface area is 140 Å². The topological polar surface area (TPSA) is 58.8 Å². The number of nitrogens with two attached hydrogens (primary N) is 1. The van der Waals surface area contributed by atoms with Gasteiger partial charge in [-0.25, -0.2) is 4.39 Å². The maximum Gasteiger partial charge on any atom is 0.240 e. The van der Waals surface area contributed by atoms with Crippen molar-refractivity contribution in [3.05, 3.63) is 34.6 Å². The highest BCUT2D eigenvalue weighted by Gasteiger charge is 2.46. The van der Waals surface area contributed by atoms with Crippen molar-refractivity contribution < 1.29 is 13.9 Å². The molecule has 1 aromatic rings. The standard InChI is InChI=1S/C16H21ClFN3O2/c17-13-2-1-3-14(18)12(13)10-20-5-7-21(8-6-20)16(15(19)22)4-9-23-11-16/h1-3H,4-11H2,(H2,19,22). The van der Waals surface area contributed by atoms with Gasteiger partial charge in [-0.05, 0) is 12.1 Å². The molecule has 7 heteroatoms. The molecule has 1 amide bonds. The average Bonchev–Trinajstić information content (AvgIpc) is 3.03. The van der Waals surface area contributed by atoms with E-state index in [1.807, 2.05) is 0 Å². The smallest absolute Gasteiger partial charge is 0.240 e. The molecule has 3 rings (SSSR count). The van der Waals surface area contributed by atoms with Crippen LogP contribution < -0.4 is 5.73 Å². The van der Waals surface area contributed by atoms with Crippen LogP contribution in [-0.4, -0.2) is 60.6 Å². The molecule has 1 aromatic carbocycles. The first-order valence-corrected chi connectivity index (χ1v) is 8.19. The zero-order valence-corrected chi connectivity index (χ0v) is 13.7. The van der Waals surface area contributed by atoms with Gasteiger partial charge in [0.05, 0.1) is 6.61 Å².